The lowest BCUT2D eigenvalue weighted by Crippen LogP contribution is -1.91. The van der Waals surface area contributed by atoms with E-state index in [2.05, 4.69) is 9.97 Å². The zero-order chi connectivity index (χ0) is 10.1. The van der Waals surface area contributed by atoms with Crippen molar-refractivity contribution >= 4 is 34.1 Å². The standard InChI is InChI=1S/C9H3Cl2N3/c10-5-1-2-6-7(3-5)13-8(4-12)14-9(6)11/h1-3H. The minimum absolute atomic E-state index is 0.0461. The fourth-order valence-electron chi connectivity index (χ4n) is 1.11. The first-order valence-electron chi connectivity index (χ1n) is 3.73. The second kappa shape index (κ2) is 3.41. The Morgan fingerprint density at radius 2 is 2.00 bits per heavy atom. The molecule has 1 aromatic carbocycles. The van der Waals surface area contributed by atoms with Gasteiger partial charge in [-0.15, -0.1) is 0 Å². The first-order chi connectivity index (χ1) is 6.70. The normalized spacial score (nSPS) is 10.1. The molecule has 0 radical (unpaired) electrons. The fourth-order valence-corrected chi connectivity index (χ4v) is 1.52. The Morgan fingerprint density at radius 3 is 2.71 bits per heavy atom. The summed E-state index contributed by atoms with van der Waals surface area (Å²) in [5, 5.41) is 10.1. The monoisotopic (exact) mass is 223 g/mol. The van der Waals surface area contributed by atoms with Crippen LogP contribution in [0.15, 0.2) is 18.2 Å². The lowest BCUT2D eigenvalue weighted by molar-refractivity contribution is 1.16. The van der Waals surface area contributed by atoms with Crippen LogP contribution in [0.4, 0.5) is 0 Å². The van der Waals surface area contributed by atoms with E-state index in [1.54, 1.807) is 18.2 Å². The third-order valence-electron chi connectivity index (χ3n) is 1.71. The van der Waals surface area contributed by atoms with Crippen LogP contribution in [-0.2, 0) is 0 Å². The lowest BCUT2D eigenvalue weighted by Gasteiger charge is -1.99. The summed E-state index contributed by atoms with van der Waals surface area (Å²) in [6, 6.07) is 6.90. The molecule has 2 rings (SSSR count). The summed E-state index contributed by atoms with van der Waals surface area (Å²) >= 11 is 11.6. The second-order valence-corrected chi connectivity index (χ2v) is 3.41. The highest BCUT2D eigenvalue weighted by Crippen LogP contribution is 2.23. The van der Waals surface area contributed by atoms with Gasteiger partial charge in [0.05, 0.1) is 5.52 Å². The Kier molecular flexibility index (Phi) is 2.24. The maximum Gasteiger partial charge on any atom is 0.234 e. The van der Waals surface area contributed by atoms with Crippen molar-refractivity contribution in [2.45, 2.75) is 0 Å². The number of aromatic nitrogens is 2. The van der Waals surface area contributed by atoms with Gasteiger partial charge in [0.15, 0.2) is 0 Å². The van der Waals surface area contributed by atoms with Gasteiger partial charge in [-0.05, 0) is 18.2 Å². The first kappa shape index (κ1) is 9.20. The van der Waals surface area contributed by atoms with Gasteiger partial charge in [-0.25, -0.2) is 9.97 Å². The van der Waals surface area contributed by atoms with E-state index in [-0.39, 0.29) is 11.0 Å². The highest BCUT2D eigenvalue weighted by molar-refractivity contribution is 6.35. The third-order valence-corrected chi connectivity index (χ3v) is 2.24. The molecular weight excluding hydrogens is 221 g/mol. The fraction of sp³-hybridized carbons (Fsp3) is 0. The predicted octanol–water partition coefficient (Wildman–Crippen LogP) is 2.81. The zero-order valence-corrected chi connectivity index (χ0v) is 8.34. The molecule has 0 spiro atoms. The Balaban J connectivity index is 2.85. The summed E-state index contributed by atoms with van der Waals surface area (Å²) < 4.78 is 0. The molecule has 1 heterocycles. The SMILES string of the molecule is N#Cc1nc(Cl)c2ccc(Cl)cc2n1. The van der Waals surface area contributed by atoms with Gasteiger partial charge in [-0.1, -0.05) is 23.2 Å². The van der Waals surface area contributed by atoms with Gasteiger partial charge >= 0.3 is 0 Å². The molecule has 0 saturated carbocycles. The minimum atomic E-state index is 0.0461. The molecule has 0 aliphatic rings. The summed E-state index contributed by atoms with van der Waals surface area (Å²) in [5.74, 6) is 0.0461. The van der Waals surface area contributed by atoms with Crippen molar-refractivity contribution < 1.29 is 0 Å². The Bertz CT molecular complexity index is 545. The molecule has 0 N–H and O–H groups in total. The van der Waals surface area contributed by atoms with Gasteiger partial charge in [-0.3, -0.25) is 0 Å². The highest BCUT2D eigenvalue weighted by atomic mass is 35.5. The van der Waals surface area contributed by atoms with Crippen LogP contribution in [0.2, 0.25) is 10.2 Å². The molecule has 0 unspecified atom stereocenters. The molecular formula is C9H3Cl2N3. The molecule has 0 aliphatic carbocycles. The summed E-state index contributed by atoms with van der Waals surface area (Å²) in [7, 11) is 0. The molecule has 14 heavy (non-hydrogen) atoms. The number of benzene rings is 1. The topological polar surface area (TPSA) is 49.6 Å². The van der Waals surface area contributed by atoms with Crippen molar-refractivity contribution in [3.63, 3.8) is 0 Å². The van der Waals surface area contributed by atoms with E-state index in [0.717, 1.165) is 0 Å². The van der Waals surface area contributed by atoms with Crippen LogP contribution in [0.25, 0.3) is 10.9 Å². The maximum atomic E-state index is 8.62. The van der Waals surface area contributed by atoms with Crippen LogP contribution < -0.4 is 0 Å². The van der Waals surface area contributed by atoms with Gasteiger partial charge in [0.2, 0.25) is 5.82 Å². The first-order valence-corrected chi connectivity index (χ1v) is 4.49. The van der Waals surface area contributed by atoms with Crippen molar-refractivity contribution in [3.8, 4) is 6.07 Å². The van der Waals surface area contributed by atoms with Crippen molar-refractivity contribution in [2.75, 3.05) is 0 Å². The van der Waals surface area contributed by atoms with E-state index in [4.69, 9.17) is 28.5 Å². The van der Waals surface area contributed by atoms with Crippen molar-refractivity contribution in [2.24, 2.45) is 0 Å². The Labute approximate surface area is 89.9 Å². The summed E-state index contributed by atoms with van der Waals surface area (Å²) in [6.07, 6.45) is 0. The van der Waals surface area contributed by atoms with E-state index in [9.17, 15) is 0 Å². The molecule has 0 bridgehead atoms. The molecule has 0 saturated heterocycles. The molecule has 0 aliphatic heterocycles. The van der Waals surface area contributed by atoms with Crippen molar-refractivity contribution in [3.05, 3.63) is 34.2 Å². The van der Waals surface area contributed by atoms with Gasteiger partial charge in [0.1, 0.15) is 11.2 Å². The predicted molar refractivity (Wildman–Crippen MR) is 54.3 cm³/mol. The third kappa shape index (κ3) is 1.50. The largest absolute Gasteiger partial charge is 0.234 e. The Morgan fingerprint density at radius 1 is 1.21 bits per heavy atom. The summed E-state index contributed by atoms with van der Waals surface area (Å²) in [4.78, 5) is 7.77. The average Bonchev–Trinajstić information content (AvgIpc) is 2.16. The van der Waals surface area contributed by atoms with E-state index >= 15 is 0 Å². The number of nitrogens with zero attached hydrogens (tertiary/aromatic N) is 3. The zero-order valence-electron chi connectivity index (χ0n) is 6.83. The van der Waals surface area contributed by atoms with Gasteiger partial charge in [0.25, 0.3) is 0 Å². The highest BCUT2D eigenvalue weighted by Gasteiger charge is 2.05. The van der Waals surface area contributed by atoms with Gasteiger partial charge in [-0.2, -0.15) is 5.26 Å². The number of nitriles is 1. The lowest BCUT2D eigenvalue weighted by atomic mass is 10.2. The van der Waals surface area contributed by atoms with Crippen LogP contribution in [0.3, 0.4) is 0 Å². The van der Waals surface area contributed by atoms with Crippen LogP contribution in [0, 0.1) is 11.3 Å². The molecule has 0 fully saturated rings. The second-order valence-electron chi connectivity index (χ2n) is 2.61. The number of rotatable bonds is 0. The molecule has 1 aromatic heterocycles. The summed E-state index contributed by atoms with van der Waals surface area (Å²) in [6.45, 7) is 0. The molecule has 0 atom stereocenters. The van der Waals surface area contributed by atoms with E-state index < -0.39 is 0 Å². The number of halogens is 2. The number of hydrogen-bond donors (Lipinski definition) is 0. The maximum absolute atomic E-state index is 8.62. The molecule has 5 heteroatoms. The average molecular weight is 224 g/mol. The Hall–Kier alpha value is -1.37. The smallest absolute Gasteiger partial charge is 0.219 e. The minimum Gasteiger partial charge on any atom is -0.219 e. The molecule has 2 aromatic rings. The molecule has 68 valence electrons. The number of fused-ring (bicyclic) bond motifs is 1. The van der Waals surface area contributed by atoms with Gasteiger partial charge in [0, 0.05) is 10.4 Å². The van der Waals surface area contributed by atoms with Crippen LogP contribution in [0.5, 0.6) is 0 Å². The van der Waals surface area contributed by atoms with E-state index in [1.807, 2.05) is 6.07 Å². The van der Waals surface area contributed by atoms with Gasteiger partial charge < -0.3 is 0 Å². The quantitative estimate of drug-likeness (QED) is 0.646. The van der Waals surface area contributed by atoms with Crippen LogP contribution >= 0.6 is 23.2 Å². The summed E-state index contributed by atoms with van der Waals surface area (Å²) in [5.41, 5.74) is 0.578. The molecule has 0 amide bonds. The van der Waals surface area contributed by atoms with Crippen molar-refractivity contribution in [1.82, 2.24) is 9.97 Å². The van der Waals surface area contributed by atoms with E-state index in [0.29, 0.717) is 15.9 Å². The van der Waals surface area contributed by atoms with Crippen LogP contribution in [0.1, 0.15) is 5.82 Å². The van der Waals surface area contributed by atoms with Crippen LogP contribution in [-0.4, -0.2) is 9.97 Å². The van der Waals surface area contributed by atoms with Crippen molar-refractivity contribution in [1.29, 1.82) is 5.26 Å². The molecule has 3 nitrogen and oxygen atoms in total. The number of hydrogen-bond acceptors (Lipinski definition) is 3. The van der Waals surface area contributed by atoms with E-state index in [1.165, 1.54) is 0 Å².